The first-order valence-electron chi connectivity index (χ1n) is 9.64. The first-order chi connectivity index (χ1) is 14.5. The van der Waals surface area contributed by atoms with Gasteiger partial charge in [0.25, 0.3) is 10.0 Å². The lowest BCUT2D eigenvalue weighted by molar-refractivity contribution is 0.590. The number of hydrogen-bond acceptors (Lipinski definition) is 4. The van der Waals surface area contributed by atoms with Crippen molar-refractivity contribution in [2.75, 3.05) is 4.31 Å². The molecule has 4 aromatic rings. The van der Waals surface area contributed by atoms with Crippen LogP contribution in [0.3, 0.4) is 0 Å². The molecule has 0 aliphatic rings. The van der Waals surface area contributed by atoms with E-state index in [9.17, 15) is 8.42 Å². The van der Waals surface area contributed by atoms with Gasteiger partial charge in [-0.1, -0.05) is 56.0 Å². The molecule has 0 fully saturated rings. The van der Waals surface area contributed by atoms with E-state index in [4.69, 9.17) is 0 Å². The van der Waals surface area contributed by atoms with E-state index in [0.29, 0.717) is 11.3 Å². The molecule has 2 aromatic heterocycles. The number of aromatic nitrogens is 3. The predicted octanol–water partition coefficient (Wildman–Crippen LogP) is 4.33. The molecule has 2 aromatic carbocycles. The summed E-state index contributed by atoms with van der Waals surface area (Å²) in [6.45, 7) is 6.03. The molecule has 7 heteroatoms. The first kappa shape index (κ1) is 19.8. The van der Waals surface area contributed by atoms with Gasteiger partial charge in [0.2, 0.25) is 0 Å². The van der Waals surface area contributed by atoms with Crippen molar-refractivity contribution in [2.24, 2.45) is 0 Å². The number of nitrogens with zero attached hydrogens (tertiary/aromatic N) is 4. The van der Waals surface area contributed by atoms with E-state index in [-0.39, 0.29) is 11.4 Å². The highest BCUT2D eigenvalue weighted by Gasteiger charge is 2.28. The van der Waals surface area contributed by atoms with Gasteiger partial charge in [0, 0.05) is 6.20 Å². The van der Waals surface area contributed by atoms with Crippen molar-refractivity contribution >= 4 is 27.4 Å². The molecular weight excluding hydrogens is 396 g/mol. The average molecular weight is 419 g/mol. The Hall–Kier alpha value is -3.45. The molecule has 0 amide bonds. The largest absolute Gasteiger partial charge is 0.288 e. The molecule has 6 nitrogen and oxygen atoms in total. The smallest absolute Gasteiger partial charge is 0.268 e. The molecule has 0 radical (unpaired) electrons. The molecule has 0 saturated heterocycles. The molecule has 0 N–H and O–H groups in total. The summed E-state index contributed by atoms with van der Waals surface area (Å²) in [5, 5.41) is 7.87. The maximum atomic E-state index is 13.8. The van der Waals surface area contributed by atoms with Gasteiger partial charge in [-0.15, -0.1) is 10.2 Å². The molecule has 152 valence electrons. The molecule has 0 saturated carbocycles. The normalized spacial score (nSPS) is 11.5. The summed E-state index contributed by atoms with van der Waals surface area (Å²) < 4.78 is 30.5. The Bertz CT molecular complexity index is 1280. The lowest BCUT2D eigenvalue weighted by atomic mass is 10.1. The fourth-order valence-electron chi connectivity index (χ4n) is 3.28. The summed E-state index contributed by atoms with van der Waals surface area (Å²) >= 11 is 0. The fourth-order valence-corrected chi connectivity index (χ4v) is 4.87. The van der Waals surface area contributed by atoms with Crippen LogP contribution in [0.15, 0.2) is 84.7 Å². The van der Waals surface area contributed by atoms with Crippen molar-refractivity contribution in [3.05, 3.63) is 96.5 Å². The van der Waals surface area contributed by atoms with Gasteiger partial charge in [0.1, 0.15) is 11.2 Å². The minimum atomic E-state index is -3.89. The minimum absolute atomic E-state index is 0.116. The Labute approximate surface area is 176 Å². The van der Waals surface area contributed by atoms with Crippen LogP contribution in [-0.4, -0.2) is 23.0 Å². The highest BCUT2D eigenvalue weighted by atomic mass is 32.2. The second kappa shape index (κ2) is 8.12. The van der Waals surface area contributed by atoms with Crippen LogP contribution in [0.4, 0.5) is 5.69 Å². The highest BCUT2D eigenvalue weighted by molar-refractivity contribution is 7.93. The topological polar surface area (TPSA) is 67.6 Å². The van der Waals surface area contributed by atoms with Gasteiger partial charge in [-0.25, -0.2) is 8.42 Å². The second-order valence-corrected chi connectivity index (χ2v) is 8.74. The van der Waals surface area contributed by atoms with Crippen molar-refractivity contribution in [3.8, 4) is 0 Å². The maximum Gasteiger partial charge on any atom is 0.268 e. The van der Waals surface area contributed by atoms with Gasteiger partial charge in [-0.3, -0.25) is 8.71 Å². The van der Waals surface area contributed by atoms with E-state index >= 15 is 0 Å². The zero-order chi connectivity index (χ0) is 21.1. The SMILES string of the molecule is C=Cc1ccc(CN(c2ccc(CC)cc2)S(=O)(=O)c2cccn3cnnc23)cc1. The third-order valence-electron chi connectivity index (χ3n) is 5.03. The number of fused-ring (bicyclic) bond motifs is 1. The lowest BCUT2D eigenvalue weighted by Gasteiger charge is -2.25. The third-order valence-corrected chi connectivity index (χ3v) is 6.82. The van der Waals surface area contributed by atoms with Crippen LogP contribution >= 0.6 is 0 Å². The monoisotopic (exact) mass is 418 g/mol. The quantitative estimate of drug-likeness (QED) is 0.448. The number of sulfonamides is 1. The summed E-state index contributed by atoms with van der Waals surface area (Å²) in [6, 6.07) is 18.5. The molecule has 30 heavy (non-hydrogen) atoms. The van der Waals surface area contributed by atoms with E-state index in [1.165, 1.54) is 10.6 Å². The van der Waals surface area contributed by atoms with Crippen LogP contribution in [0.2, 0.25) is 0 Å². The summed E-state index contributed by atoms with van der Waals surface area (Å²) in [6.07, 6.45) is 5.86. The van der Waals surface area contributed by atoms with Crippen LogP contribution in [0.1, 0.15) is 23.6 Å². The number of pyridine rings is 1. The Morgan fingerprint density at radius 2 is 1.73 bits per heavy atom. The molecule has 0 atom stereocenters. The number of rotatable bonds is 7. The number of anilines is 1. The van der Waals surface area contributed by atoms with Crippen LogP contribution in [0.5, 0.6) is 0 Å². The minimum Gasteiger partial charge on any atom is -0.288 e. The van der Waals surface area contributed by atoms with Crippen molar-refractivity contribution in [1.82, 2.24) is 14.6 Å². The zero-order valence-corrected chi connectivity index (χ0v) is 17.5. The van der Waals surface area contributed by atoms with Crippen LogP contribution < -0.4 is 4.31 Å². The maximum absolute atomic E-state index is 13.8. The van der Waals surface area contributed by atoms with Crippen LogP contribution in [0.25, 0.3) is 11.7 Å². The van der Waals surface area contributed by atoms with Gasteiger partial charge < -0.3 is 0 Å². The second-order valence-electron chi connectivity index (χ2n) is 6.91. The Morgan fingerprint density at radius 1 is 1.03 bits per heavy atom. The van der Waals surface area contributed by atoms with Gasteiger partial charge >= 0.3 is 0 Å². The van der Waals surface area contributed by atoms with Gasteiger partial charge in [0.05, 0.1) is 12.2 Å². The van der Waals surface area contributed by atoms with Crippen molar-refractivity contribution in [1.29, 1.82) is 0 Å². The summed E-state index contributed by atoms with van der Waals surface area (Å²) in [7, 11) is -3.89. The van der Waals surface area contributed by atoms with Gasteiger partial charge in [0.15, 0.2) is 5.65 Å². The standard InChI is InChI=1S/C23H22N4O2S/c1-3-18-7-9-20(10-8-18)16-27(21-13-11-19(4-2)12-14-21)30(28,29)22-6-5-15-26-17-24-25-23(22)26/h3,5-15,17H,1,4,16H2,2H3. The van der Waals surface area contributed by atoms with E-state index in [2.05, 4.69) is 23.7 Å². The molecule has 0 spiro atoms. The van der Waals surface area contributed by atoms with E-state index in [1.807, 2.05) is 48.5 Å². The molecular formula is C23H22N4O2S. The van der Waals surface area contributed by atoms with E-state index < -0.39 is 10.0 Å². The zero-order valence-electron chi connectivity index (χ0n) is 16.6. The summed E-state index contributed by atoms with van der Waals surface area (Å²) in [4.78, 5) is 0.116. The number of aryl methyl sites for hydroxylation is 1. The Balaban J connectivity index is 1.82. The third kappa shape index (κ3) is 3.71. The molecule has 0 aliphatic carbocycles. The summed E-state index contributed by atoms with van der Waals surface area (Å²) in [5.74, 6) is 0. The Kier molecular flexibility index (Phi) is 5.37. The predicted molar refractivity (Wildman–Crippen MR) is 119 cm³/mol. The van der Waals surface area contributed by atoms with E-state index in [0.717, 1.165) is 23.1 Å². The number of benzene rings is 2. The average Bonchev–Trinajstić information content (AvgIpc) is 3.27. The summed E-state index contributed by atoms with van der Waals surface area (Å²) in [5.41, 5.74) is 3.90. The van der Waals surface area contributed by atoms with Crippen molar-refractivity contribution in [2.45, 2.75) is 24.8 Å². The van der Waals surface area contributed by atoms with E-state index in [1.54, 1.807) is 28.8 Å². The molecule has 2 heterocycles. The lowest BCUT2D eigenvalue weighted by Crippen LogP contribution is -2.31. The van der Waals surface area contributed by atoms with Crippen molar-refractivity contribution in [3.63, 3.8) is 0 Å². The molecule has 0 aliphatic heterocycles. The van der Waals surface area contributed by atoms with Gasteiger partial charge in [-0.2, -0.15) is 0 Å². The Morgan fingerprint density at radius 3 is 2.40 bits per heavy atom. The molecule has 4 rings (SSSR count). The van der Waals surface area contributed by atoms with Gasteiger partial charge in [-0.05, 0) is 47.4 Å². The highest BCUT2D eigenvalue weighted by Crippen LogP contribution is 2.28. The molecule has 0 bridgehead atoms. The van der Waals surface area contributed by atoms with Crippen molar-refractivity contribution < 1.29 is 8.42 Å². The fraction of sp³-hybridized carbons (Fsp3) is 0.130. The van der Waals surface area contributed by atoms with Crippen LogP contribution in [-0.2, 0) is 23.0 Å². The van der Waals surface area contributed by atoms with Crippen LogP contribution in [0, 0.1) is 0 Å². The number of hydrogen-bond donors (Lipinski definition) is 0. The first-order valence-corrected chi connectivity index (χ1v) is 11.1. The molecule has 0 unspecified atom stereocenters.